The van der Waals surface area contributed by atoms with Crippen molar-refractivity contribution in [3.8, 4) is 11.5 Å². The first-order valence-corrected chi connectivity index (χ1v) is 5.72. The predicted molar refractivity (Wildman–Crippen MR) is 68.2 cm³/mol. The molecule has 0 saturated carbocycles. The molecule has 0 radical (unpaired) electrons. The molecule has 4 heteroatoms. The third kappa shape index (κ3) is 3.05. The molecule has 0 aliphatic heterocycles. The Morgan fingerprint density at radius 2 is 2.11 bits per heavy atom. The molecule has 0 unspecified atom stereocenters. The lowest BCUT2D eigenvalue weighted by Gasteiger charge is -2.08. The first-order valence-electron chi connectivity index (χ1n) is 5.72. The topological polar surface area (TPSA) is 34.1 Å². The monoisotopic (exact) mass is 246 g/mol. The Labute approximate surface area is 106 Å². The van der Waals surface area contributed by atoms with Crippen LogP contribution in [0.2, 0.25) is 0 Å². The maximum absolute atomic E-state index is 13.8. The molecule has 0 aliphatic carbocycles. The average molecular weight is 246 g/mol. The molecule has 0 saturated heterocycles. The van der Waals surface area contributed by atoms with Gasteiger partial charge < -0.3 is 10.1 Å². The van der Waals surface area contributed by atoms with Crippen molar-refractivity contribution in [2.24, 2.45) is 0 Å². The standard InChI is InChI=1S/C14H15FN2O/c1-10-3-5-12(9-17-10)18-14-6-4-11(8-16-2)7-13(14)15/h3-7,9,16H,8H2,1-2H3. The molecule has 0 bridgehead atoms. The van der Waals surface area contributed by atoms with Crippen LogP contribution in [0.1, 0.15) is 11.3 Å². The molecule has 1 N–H and O–H groups in total. The molecule has 1 aromatic carbocycles. The molecule has 2 rings (SSSR count). The van der Waals surface area contributed by atoms with Crippen molar-refractivity contribution < 1.29 is 9.13 Å². The minimum Gasteiger partial charge on any atom is -0.453 e. The highest BCUT2D eigenvalue weighted by Gasteiger charge is 2.06. The van der Waals surface area contributed by atoms with Gasteiger partial charge in [0.05, 0.1) is 6.20 Å². The number of hydrogen-bond acceptors (Lipinski definition) is 3. The maximum atomic E-state index is 13.8. The number of aromatic nitrogens is 1. The minimum absolute atomic E-state index is 0.209. The lowest BCUT2D eigenvalue weighted by Crippen LogP contribution is -2.05. The van der Waals surface area contributed by atoms with Gasteiger partial charge in [0.2, 0.25) is 0 Å². The summed E-state index contributed by atoms with van der Waals surface area (Å²) in [4.78, 5) is 4.09. The molecular formula is C14H15FN2O. The summed E-state index contributed by atoms with van der Waals surface area (Å²) in [6.45, 7) is 2.51. The second-order valence-corrected chi connectivity index (χ2v) is 4.03. The SMILES string of the molecule is CNCc1ccc(Oc2ccc(C)nc2)c(F)c1. The van der Waals surface area contributed by atoms with Gasteiger partial charge in [0.1, 0.15) is 5.75 Å². The summed E-state index contributed by atoms with van der Waals surface area (Å²) in [6.07, 6.45) is 1.58. The second kappa shape index (κ2) is 5.60. The number of benzene rings is 1. The van der Waals surface area contributed by atoms with Crippen molar-refractivity contribution in [1.82, 2.24) is 10.3 Å². The summed E-state index contributed by atoms with van der Waals surface area (Å²) in [6, 6.07) is 8.51. The third-order valence-electron chi connectivity index (χ3n) is 2.49. The largest absolute Gasteiger partial charge is 0.453 e. The van der Waals surface area contributed by atoms with E-state index >= 15 is 0 Å². The van der Waals surface area contributed by atoms with Crippen LogP contribution in [0.4, 0.5) is 4.39 Å². The summed E-state index contributed by atoms with van der Waals surface area (Å²) in [5, 5.41) is 2.97. The fourth-order valence-corrected chi connectivity index (χ4v) is 1.58. The smallest absolute Gasteiger partial charge is 0.166 e. The van der Waals surface area contributed by atoms with Gasteiger partial charge in [0.15, 0.2) is 11.6 Å². The molecule has 0 amide bonds. The number of nitrogens with zero attached hydrogens (tertiary/aromatic N) is 1. The quantitative estimate of drug-likeness (QED) is 0.900. The van der Waals surface area contributed by atoms with Gasteiger partial charge in [-0.2, -0.15) is 0 Å². The molecule has 94 valence electrons. The van der Waals surface area contributed by atoms with E-state index in [0.717, 1.165) is 11.3 Å². The Bertz CT molecular complexity index is 526. The van der Waals surface area contributed by atoms with Crippen LogP contribution in [0.15, 0.2) is 36.5 Å². The minimum atomic E-state index is -0.372. The zero-order valence-electron chi connectivity index (χ0n) is 10.4. The Morgan fingerprint density at radius 3 is 2.72 bits per heavy atom. The molecule has 18 heavy (non-hydrogen) atoms. The molecule has 0 spiro atoms. The van der Waals surface area contributed by atoms with Crippen molar-refractivity contribution in [1.29, 1.82) is 0 Å². The summed E-state index contributed by atoms with van der Waals surface area (Å²) in [5.74, 6) is 0.365. The van der Waals surface area contributed by atoms with Crippen molar-refractivity contribution in [3.05, 3.63) is 53.6 Å². The van der Waals surface area contributed by atoms with Gasteiger partial charge in [-0.25, -0.2) is 4.39 Å². The number of nitrogens with one attached hydrogen (secondary N) is 1. The first-order chi connectivity index (χ1) is 8.69. The number of hydrogen-bond donors (Lipinski definition) is 1. The Kier molecular flexibility index (Phi) is 3.89. The molecule has 0 atom stereocenters. The Hall–Kier alpha value is -1.94. The molecular weight excluding hydrogens is 231 g/mol. The molecule has 0 aliphatic rings. The van der Waals surface area contributed by atoms with Crippen LogP contribution >= 0.6 is 0 Å². The normalized spacial score (nSPS) is 10.4. The second-order valence-electron chi connectivity index (χ2n) is 4.03. The van der Waals surface area contributed by atoms with Crippen molar-refractivity contribution >= 4 is 0 Å². The summed E-state index contributed by atoms with van der Waals surface area (Å²) in [5.41, 5.74) is 1.77. The first kappa shape index (κ1) is 12.5. The Balaban J connectivity index is 2.16. The van der Waals surface area contributed by atoms with E-state index < -0.39 is 0 Å². The van der Waals surface area contributed by atoms with Crippen molar-refractivity contribution in [2.75, 3.05) is 7.05 Å². The lowest BCUT2D eigenvalue weighted by molar-refractivity contribution is 0.439. The highest BCUT2D eigenvalue weighted by Crippen LogP contribution is 2.24. The molecule has 0 fully saturated rings. The van der Waals surface area contributed by atoms with E-state index in [-0.39, 0.29) is 11.6 Å². The van der Waals surface area contributed by atoms with Gasteiger partial charge in [-0.1, -0.05) is 6.07 Å². The van der Waals surface area contributed by atoms with Gasteiger partial charge >= 0.3 is 0 Å². The van der Waals surface area contributed by atoms with Gasteiger partial charge in [-0.3, -0.25) is 4.98 Å². The van der Waals surface area contributed by atoms with Gasteiger partial charge in [0, 0.05) is 12.2 Å². The summed E-state index contributed by atoms with van der Waals surface area (Å²) >= 11 is 0. The van der Waals surface area contributed by atoms with E-state index in [4.69, 9.17) is 4.74 Å². The van der Waals surface area contributed by atoms with Gasteiger partial charge in [-0.05, 0) is 43.8 Å². The highest BCUT2D eigenvalue weighted by atomic mass is 19.1. The van der Waals surface area contributed by atoms with E-state index in [2.05, 4.69) is 10.3 Å². The van der Waals surface area contributed by atoms with E-state index in [0.29, 0.717) is 12.3 Å². The molecule has 3 nitrogen and oxygen atoms in total. The van der Waals surface area contributed by atoms with Crippen LogP contribution in [-0.2, 0) is 6.54 Å². The van der Waals surface area contributed by atoms with Crippen molar-refractivity contribution in [2.45, 2.75) is 13.5 Å². The van der Waals surface area contributed by atoms with Gasteiger partial charge in [-0.15, -0.1) is 0 Å². The summed E-state index contributed by atoms with van der Waals surface area (Å²) < 4.78 is 19.2. The van der Waals surface area contributed by atoms with Gasteiger partial charge in [0.25, 0.3) is 0 Å². The molecule has 2 aromatic rings. The van der Waals surface area contributed by atoms with E-state index in [1.165, 1.54) is 6.07 Å². The third-order valence-corrected chi connectivity index (χ3v) is 2.49. The van der Waals surface area contributed by atoms with E-state index in [1.54, 1.807) is 18.3 Å². The Morgan fingerprint density at radius 1 is 1.28 bits per heavy atom. The van der Waals surface area contributed by atoms with E-state index in [9.17, 15) is 4.39 Å². The number of pyridine rings is 1. The van der Waals surface area contributed by atoms with Crippen LogP contribution in [-0.4, -0.2) is 12.0 Å². The van der Waals surface area contributed by atoms with Crippen LogP contribution in [0.25, 0.3) is 0 Å². The number of halogens is 1. The summed E-state index contributed by atoms with van der Waals surface area (Å²) in [7, 11) is 1.82. The van der Waals surface area contributed by atoms with Crippen LogP contribution in [0.3, 0.4) is 0 Å². The maximum Gasteiger partial charge on any atom is 0.166 e. The van der Waals surface area contributed by atoms with E-state index in [1.807, 2.05) is 26.1 Å². The average Bonchev–Trinajstić information content (AvgIpc) is 2.36. The molecule has 1 aromatic heterocycles. The zero-order valence-corrected chi connectivity index (χ0v) is 10.4. The fourth-order valence-electron chi connectivity index (χ4n) is 1.58. The number of rotatable bonds is 4. The zero-order chi connectivity index (χ0) is 13.0. The van der Waals surface area contributed by atoms with Crippen molar-refractivity contribution in [3.63, 3.8) is 0 Å². The van der Waals surface area contributed by atoms with Crippen LogP contribution < -0.4 is 10.1 Å². The number of ether oxygens (including phenoxy) is 1. The van der Waals surface area contributed by atoms with Crippen LogP contribution in [0, 0.1) is 12.7 Å². The number of aryl methyl sites for hydroxylation is 1. The lowest BCUT2D eigenvalue weighted by atomic mass is 10.2. The fraction of sp³-hybridized carbons (Fsp3) is 0.214. The molecule has 1 heterocycles. The highest BCUT2D eigenvalue weighted by molar-refractivity contribution is 5.33. The van der Waals surface area contributed by atoms with Crippen LogP contribution in [0.5, 0.6) is 11.5 Å². The predicted octanol–water partition coefficient (Wildman–Crippen LogP) is 3.04.